The SMILES string of the molecule is Cc1c(NC(=O)c2ccc(S(=O)(=O)N3CCN(C=O)CC3)cc2)c(=O)n(-c2ccccc2)n1C. The van der Waals surface area contributed by atoms with Crippen molar-refractivity contribution in [1.29, 1.82) is 0 Å². The van der Waals surface area contributed by atoms with Crippen molar-refractivity contribution in [2.24, 2.45) is 7.05 Å². The fraction of sp³-hybridized carbons (Fsp3) is 0.261. The lowest BCUT2D eigenvalue weighted by Crippen LogP contribution is -2.47. The standard InChI is InChI=1S/C23H25N5O5S/c1-17-21(23(31)28(25(17)2)19-6-4-3-5-7-19)24-22(30)18-8-10-20(11-9-18)34(32,33)27-14-12-26(16-29)13-15-27/h3-11,16H,12-15H2,1-2H3,(H,24,30). The summed E-state index contributed by atoms with van der Waals surface area (Å²) in [6, 6.07) is 14.7. The largest absolute Gasteiger partial charge is 0.343 e. The third-order valence-electron chi connectivity index (χ3n) is 5.97. The number of aromatic nitrogens is 2. The maximum absolute atomic E-state index is 13.0. The minimum atomic E-state index is -3.74. The molecule has 1 saturated heterocycles. The molecule has 178 valence electrons. The van der Waals surface area contributed by atoms with Gasteiger partial charge in [-0.05, 0) is 43.3 Å². The van der Waals surface area contributed by atoms with Gasteiger partial charge in [0, 0.05) is 38.8 Å². The van der Waals surface area contributed by atoms with Crippen LogP contribution in [0.1, 0.15) is 16.1 Å². The predicted octanol–water partition coefficient (Wildman–Crippen LogP) is 1.20. The number of sulfonamides is 1. The van der Waals surface area contributed by atoms with E-state index in [0.717, 1.165) is 0 Å². The van der Waals surface area contributed by atoms with Gasteiger partial charge in [0.25, 0.3) is 11.5 Å². The van der Waals surface area contributed by atoms with Crippen molar-refractivity contribution in [2.45, 2.75) is 11.8 Å². The van der Waals surface area contributed by atoms with Crippen molar-refractivity contribution < 1.29 is 18.0 Å². The molecule has 3 aromatic rings. The highest BCUT2D eigenvalue weighted by Crippen LogP contribution is 2.19. The summed E-state index contributed by atoms with van der Waals surface area (Å²) >= 11 is 0. The Balaban J connectivity index is 1.53. The molecule has 1 aromatic heterocycles. The summed E-state index contributed by atoms with van der Waals surface area (Å²) in [7, 11) is -2.01. The first-order chi connectivity index (χ1) is 16.2. The number of benzene rings is 2. The van der Waals surface area contributed by atoms with Crippen molar-refractivity contribution in [2.75, 3.05) is 31.5 Å². The Kier molecular flexibility index (Phi) is 6.40. The van der Waals surface area contributed by atoms with Crippen LogP contribution in [-0.4, -0.2) is 65.5 Å². The molecule has 2 heterocycles. The summed E-state index contributed by atoms with van der Waals surface area (Å²) in [5, 5.41) is 2.67. The van der Waals surface area contributed by atoms with Crippen LogP contribution in [0.2, 0.25) is 0 Å². The van der Waals surface area contributed by atoms with Gasteiger partial charge in [0.05, 0.1) is 16.3 Å². The highest BCUT2D eigenvalue weighted by molar-refractivity contribution is 7.89. The summed E-state index contributed by atoms with van der Waals surface area (Å²) in [6.45, 7) is 2.82. The van der Waals surface area contributed by atoms with E-state index in [0.29, 0.717) is 30.9 Å². The van der Waals surface area contributed by atoms with Gasteiger partial charge in [-0.25, -0.2) is 13.1 Å². The number of para-hydroxylation sites is 1. The number of nitrogens with one attached hydrogen (secondary N) is 1. The molecule has 0 bridgehead atoms. The minimum Gasteiger partial charge on any atom is -0.343 e. The van der Waals surface area contributed by atoms with E-state index in [1.807, 2.05) is 18.2 Å². The molecule has 0 atom stereocenters. The molecule has 1 aliphatic heterocycles. The van der Waals surface area contributed by atoms with Crippen LogP contribution in [0.4, 0.5) is 5.69 Å². The van der Waals surface area contributed by atoms with Gasteiger partial charge in [0.2, 0.25) is 16.4 Å². The van der Waals surface area contributed by atoms with Crippen LogP contribution in [-0.2, 0) is 21.9 Å². The molecule has 10 nitrogen and oxygen atoms in total. The first-order valence-electron chi connectivity index (χ1n) is 10.7. The number of hydrogen-bond donors (Lipinski definition) is 1. The zero-order chi connectivity index (χ0) is 24.5. The van der Waals surface area contributed by atoms with E-state index < -0.39 is 15.9 Å². The number of carbonyl (C=O) groups excluding carboxylic acids is 2. The van der Waals surface area contributed by atoms with Crippen molar-refractivity contribution in [3.05, 3.63) is 76.2 Å². The summed E-state index contributed by atoms with van der Waals surface area (Å²) in [5.74, 6) is -0.519. The number of nitrogens with zero attached hydrogens (tertiary/aromatic N) is 4. The second kappa shape index (κ2) is 9.27. The zero-order valence-corrected chi connectivity index (χ0v) is 19.7. The molecule has 2 amide bonds. The van der Waals surface area contributed by atoms with Gasteiger partial charge in [-0.1, -0.05) is 18.2 Å². The van der Waals surface area contributed by atoms with Crippen LogP contribution in [0, 0.1) is 6.92 Å². The molecule has 1 N–H and O–H groups in total. The number of carbonyl (C=O) groups is 2. The quantitative estimate of drug-likeness (QED) is 0.530. The van der Waals surface area contributed by atoms with Gasteiger partial charge < -0.3 is 10.2 Å². The molecule has 34 heavy (non-hydrogen) atoms. The van der Waals surface area contributed by atoms with Crippen LogP contribution in [0.3, 0.4) is 0 Å². The highest BCUT2D eigenvalue weighted by atomic mass is 32.2. The number of rotatable bonds is 6. The average molecular weight is 484 g/mol. The maximum Gasteiger partial charge on any atom is 0.295 e. The van der Waals surface area contributed by atoms with Crippen molar-refractivity contribution >= 4 is 28.0 Å². The molecule has 4 rings (SSSR count). The molecule has 11 heteroatoms. The van der Waals surface area contributed by atoms with E-state index in [1.54, 1.807) is 30.8 Å². The normalized spacial score (nSPS) is 14.7. The molecular weight excluding hydrogens is 458 g/mol. The van der Waals surface area contributed by atoms with Crippen molar-refractivity contribution in [3.8, 4) is 5.69 Å². The minimum absolute atomic E-state index is 0.0610. The second-order valence-corrected chi connectivity index (χ2v) is 9.90. The van der Waals surface area contributed by atoms with Crippen LogP contribution in [0.5, 0.6) is 0 Å². The fourth-order valence-electron chi connectivity index (χ4n) is 3.87. The monoisotopic (exact) mass is 483 g/mol. The Morgan fingerprint density at radius 1 is 0.971 bits per heavy atom. The lowest BCUT2D eigenvalue weighted by Gasteiger charge is -2.31. The molecule has 0 aliphatic carbocycles. The van der Waals surface area contributed by atoms with Crippen LogP contribution in [0.15, 0.2) is 64.3 Å². The second-order valence-electron chi connectivity index (χ2n) is 7.96. The Labute approximate surface area is 197 Å². The number of amides is 2. The van der Waals surface area contributed by atoms with E-state index in [2.05, 4.69) is 5.32 Å². The number of hydrogen-bond acceptors (Lipinski definition) is 5. The van der Waals surface area contributed by atoms with Gasteiger partial charge in [-0.2, -0.15) is 4.31 Å². The number of piperazine rings is 1. The number of anilines is 1. The third kappa shape index (κ3) is 4.27. The van der Waals surface area contributed by atoms with E-state index >= 15 is 0 Å². The first-order valence-corrected chi connectivity index (χ1v) is 12.1. The average Bonchev–Trinajstić information content (AvgIpc) is 3.07. The Morgan fingerprint density at radius 3 is 2.18 bits per heavy atom. The molecular formula is C23H25N5O5S. The van der Waals surface area contributed by atoms with E-state index in [9.17, 15) is 22.8 Å². The van der Waals surface area contributed by atoms with Crippen LogP contribution in [0.25, 0.3) is 5.69 Å². The van der Waals surface area contributed by atoms with Gasteiger partial charge in [-0.15, -0.1) is 0 Å². The molecule has 0 radical (unpaired) electrons. The first kappa shape index (κ1) is 23.5. The maximum atomic E-state index is 13.0. The fourth-order valence-corrected chi connectivity index (χ4v) is 5.30. The molecule has 1 aliphatic rings. The zero-order valence-electron chi connectivity index (χ0n) is 18.8. The highest BCUT2D eigenvalue weighted by Gasteiger charge is 2.28. The van der Waals surface area contributed by atoms with E-state index in [1.165, 1.54) is 38.2 Å². The van der Waals surface area contributed by atoms with E-state index in [-0.39, 0.29) is 34.8 Å². The Hall–Kier alpha value is -3.70. The molecule has 2 aromatic carbocycles. The Bertz CT molecular complexity index is 1370. The molecule has 0 saturated carbocycles. The van der Waals surface area contributed by atoms with Crippen LogP contribution >= 0.6 is 0 Å². The van der Waals surface area contributed by atoms with Gasteiger partial charge in [0.1, 0.15) is 5.69 Å². The summed E-state index contributed by atoms with van der Waals surface area (Å²) in [5.41, 5.74) is 1.26. The Morgan fingerprint density at radius 2 is 1.59 bits per heavy atom. The summed E-state index contributed by atoms with van der Waals surface area (Å²) < 4.78 is 30.2. The lowest BCUT2D eigenvalue weighted by molar-refractivity contribution is -0.119. The van der Waals surface area contributed by atoms with Crippen molar-refractivity contribution in [1.82, 2.24) is 18.6 Å². The van der Waals surface area contributed by atoms with Gasteiger partial charge in [-0.3, -0.25) is 19.1 Å². The summed E-state index contributed by atoms with van der Waals surface area (Å²) in [6.07, 6.45) is 0.709. The predicted molar refractivity (Wildman–Crippen MR) is 127 cm³/mol. The van der Waals surface area contributed by atoms with Gasteiger partial charge in [0.15, 0.2) is 0 Å². The van der Waals surface area contributed by atoms with Gasteiger partial charge >= 0.3 is 0 Å². The lowest BCUT2D eigenvalue weighted by atomic mass is 10.2. The smallest absolute Gasteiger partial charge is 0.295 e. The molecule has 0 spiro atoms. The molecule has 0 unspecified atom stereocenters. The topological polar surface area (TPSA) is 114 Å². The van der Waals surface area contributed by atoms with E-state index in [4.69, 9.17) is 0 Å². The molecule has 1 fully saturated rings. The van der Waals surface area contributed by atoms with Crippen LogP contribution < -0.4 is 10.9 Å². The van der Waals surface area contributed by atoms with Crippen molar-refractivity contribution in [3.63, 3.8) is 0 Å². The third-order valence-corrected chi connectivity index (χ3v) is 7.88. The summed E-state index contributed by atoms with van der Waals surface area (Å²) in [4.78, 5) is 38.3.